The number of fused-ring (bicyclic) bond motifs is 1. The van der Waals surface area contributed by atoms with Crippen LogP contribution in [0.25, 0.3) is 5.52 Å². The van der Waals surface area contributed by atoms with Crippen molar-refractivity contribution in [3.63, 3.8) is 0 Å². The Balaban J connectivity index is 2.55. The van der Waals surface area contributed by atoms with Crippen LogP contribution in [0.15, 0.2) is 24.5 Å². The van der Waals surface area contributed by atoms with Crippen LogP contribution < -0.4 is 0 Å². The first-order valence-corrected chi connectivity index (χ1v) is 4.24. The Labute approximate surface area is 81.1 Å². The summed E-state index contributed by atoms with van der Waals surface area (Å²) >= 11 is 0. The largest absolute Gasteiger partial charge is 0.465 e. The molecule has 2 heterocycles. The predicted molar refractivity (Wildman–Crippen MR) is 51.3 cm³/mol. The van der Waals surface area contributed by atoms with Gasteiger partial charge in [-0.2, -0.15) is 5.10 Å². The number of carbonyl (C=O) groups is 1. The summed E-state index contributed by atoms with van der Waals surface area (Å²) in [6.07, 6.45) is 3.40. The Morgan fingerprint density at radius 1 is 1.50 bits per heavy atom. The molecule has 0 saturated heterocycles. The van der Waals surface area contributed by atoms with E-state index >= 15 is 0 Å². The van der Waals surface area contributed by atoms with Crippen molar-refractivity contribution in [1.82, 2.24) is 9.61 Å². The molecule has 0 atom stereocenters. The Morgan fingerprint density at radius 2 is 2.29 bits per heavy atom. The molecule has 0 fully saturated rings. The zero-order chi connectivity index (χ0) is 10.1. The van der Waals surface area contributed by atoms with Crippen LogP contribution in [0.4, 0.5) is 0 Å². The maximum Gasteiger partial charge on any atom is 0.339 e. The van der Waals surface area contributed by atoms with E-state index in [2.05, 4.69) is 9.84 Å². The molecule has 0 aliphatic rings. The minimum atomic E-state index is -0.362. The first-order chi connectivity index (χ1) is 6.70. The third-order valence-electron chi connectivity index (χ3n) is 2.01. The van der Waals surface area contributed by atoms with Crippen LogP contribution in [0.5, 0.6) is 0 Å². The second-order valence-corrected chi connectivity index (χ2v) is 3.12. The molecule has 2 rings (SSSR count). The number of methoxy groups -OCH3 is 1. The molecule has 0 aromatic carbocycles. The Hall–Kier alpha value is -1.84. The minimum absolute atomic E-state index is 0.362. The number of rotatable bonds is 1. The molecule has 4 heteroatoms. The molecule has 0 unspecified atom stereocenters. The number of aryl methyl sites for hydroxylation is 1. The van der Waals surface area contributed by atoms with Gasteiger partial charge in [-0.1, -0.05) is 0 Å². The van der Waals surface area contributed by atoms with E-state index < -0.39 is 0 Å². The van der Waals surface area contributed by atoms with Gasteiger partial charge in [0.15, 0.2) is 0 Å². The number of carbonyl (C=O) groups excluding carboxylic acids is 1. The van der Waals surface area contributed by atoms with Gasteiger partial charge in [-0.3, -0.25) is 0 Å². The molecule has 0 aliphatic carbocycles. The zero-order valence-electron chi connectivity index (χ0n) is 8.02. The van der Waals surface area contributed by atoms with Crippen LogP contribution in [0.3, 0.4) is 0 Å². The first-order valence-electron chi connectivity index (χ1n) is 4.24. The molecule has 0 bridgehead atoms. The van der Waals surface area contributed by atoms with Gasteiger partial charge in [-0.05, 0) is 24.6 Å². The molecule has 0 amide bonds. The van der Waals surface area contributed by atoms with Crippen molar-refractivity contribution >= 4 is 11.5 Å². The molecule has 0 saturated carbocycles. The highest BCUT2D eigenvalue weighted by molar-refractivity contribution is 5.90. The second kappa shape index (κ2) is 3.14. The summed E-state index contributed by atoms with van der Waals surface area (Å²) in [4.78, 5) is 11.2. The number of nitrogens with zero attached hydrogens (tertiary/aromatic N) is 2. The zero-order valence-corrected chi connectivity index (χ0v) is 8.02. The molecule has 0 N–H and O–H groups in total. The standard InChI is InChI=1S/C10H10N2O2/c1-7-3-9-4-8(10(13)14-2)5-11-12(9)6-7/h3-6H,1-2H3. The summed E-state index contributed by atoms with van der Waals surface area (Å²) in [5.74, 6) is -0.362. The van der Waals surface area contributed by atoms with Gasteiger partial charge in [0.25, 0.3) is 0 Å². The Bertz CT molecular complexity index is 488. The van der Waals surface area contributed by atoms with Gasteiger partial charge in [0.2, 0.25) is 0 Å². The minimum Gasteiger partial charge on any atom is -0.465 e. The SMILES string of the molecule is COC(=O)c1cnn2cc(C)cc2c1. The maximum atomic E-state index is 11.2. The highest BCUT2D eigenvalue weighted by Gasteiger charge is 2.06. The molecule has 2 aromatic rings. The van der Waals surface area contributed by atoms with Crippen LogP contribution in [0, 0.1) is 6.92 Å². The Kier molecular flexibility index (Phi) is 1.96. The van der Waals surface area contributed by atoms with E-state index in [1.54, 1.807) is 10.6 Å². The van der Waals surface area contributed by atoms with Gasteiger partial charge >= 0.3 is 5.97 Å². The van der Waals surface area contributed by atoms with Crippen molar-refractivity contribution in [2.45, 2.75) is 6.92 Å². The molecule has 14 heavy (non-hydrogen) atoms. The number of hydrogen-bond donors (Lipinski definition) is 0. The van der Waals surface area contributed by atoms with Crippen molar-refractivity contribution in [3.8, 4) is 0 Å². The lowest BCUT2D eigenvalue weighted by Crippen LogP contribution is -2.03. The molecule has 4 nitrogen and oxygen atoms in total. The van der Waals surface area contributed by atoms with E-state index in [0.717, 1.165) is 11.1 Å². The van der Waals surface area contributed by atoms with Gasteiger partial charge in [0.1, 0.15) is 0 Å². The van der Waals surface area contributed by atoms with Gasteiger partial charge in [0.05, 0.1) is 24.4 Å². The van der Waals surface area contributed by atoms with E-state index in [4.69, 9.17) is 0 Å². The summed E-state index contributed by atoms with van der Waals surface area (Å²) in [6.45, 7) is 1.98. The van der Waals surface area contributed by atoms with E-state index in [-0.39, 0.29) is 5.97 Å². The van der Waals surface area contributed by atoms with Crippen molar-refractivity contribution in [2.75, 3.05) is 7.11 Å². The van der Waals surface area contributed by atoms with Crippen LogP contribution in [-0.2, 0) is 4.74 Å². The average molecular weight is 190 g/mol. The molecule has 72 valence electrons. The normalized spacial score (nSPS) is 10.4. The average Bonchev–Trinajstić information content (AvgIpc) is 2.55. The summed E-state index contributed by atoms with van der Waals surface area (Å²) in [6, 6.07) is 3.71. The third-order valence-corrected chi connectivity index (χ3v) is 2.01. The predicted octanol–water partition coefficient (Wildman–Crippen LogP) is 1.43. The molecule has 2 aromatic heterocycles. The van der Waals surface area contributed by atoms with Gasteiger partial charge in [0, 0.05) is 6.20 Å². The molecular formula is C10H10N2O2. The third kappa shape index (κ3) is 1.35. The van der Waals surface area contributed by atoms with Crippen molar-refractivity contribution in [3.05, 3.63) is 35.7 Å². The highest BCUT2D eigenvalue weighted by Crippen LogP contribution is 2.10. The quantitative estimate of drug-likeness (QED) is 0.639. The monoisotopic (exact) mass is 190 g/mol. The molecule has 0 spiro atoms. The number of aromatic nitrogens is 2. The van der Waals surface area contributed by atoms with Gasteiger partial charge < -0.3 is 4.74 Å². The van der Waals surface area contributed by atoms with Crippen LogP contribution >= 0.6 is 0 Å². The maximum absolute atomic E-state index is 11.2. The highest BCUT2D eigenvalue weighted by atomic mass is 16.5. The number of esters is 1. The van der Waals surface area contributed by atoms with E-state index in [1.807, 2.05) is 19.2 Å². The fourth-order valence-corrected chi connectivity index (χ4v) is 1.36. The summed E-state index contributed by atoms with van der Waals surface area (Å²) < 4.78 is 6.33. The lowest BCUT2D eigenvalue weighted by Gasteiger charge is -1.98. The summed E-state index contributed by atoms with van der Waals surface area (Å²) in [7, 11) is 1.36. The number of ether oxygens (including phenoxy) is 1. The second-order valence-electron chi connectivity index (χ2n) is 3.12. The van der Waals surface area contributed by atoms with E-state index in [0.29, 0.717) is 5.56 Å². The van der Waals surface area contributed by atoms with Crippen molar-refractivity contribution in [1.29, 1.82) is 0 Å². The molecular weight excluding hydrogens is 180 g/mol. The van der Waals surface area contributed by atoms with Gasteiger partial charge in [-0.25, -0.2) is 9.31 Å². The first kappa shape index (κ1) is 8.74. The summed E-state index contributed by atoms with van der Waals surface area (Å²) in [5.41, 5.74) is 2.48. The summed E-state index contributed by atoms with van der Waals surface area (Å²) in [5, 5.41) is 4.09. The fourth-order valence-electron chi connectivity index (χ4n) is 1.36. The van der Waals surface area contributed by atoms with Crippen LogP contribution in [0.1, 0.15) is 15.9 Å². The smallest absolute Gasteiger partial charge is 0.339 e. The van der Waals surface area contributed by atoms with E-state index in [1.165, 1.54) is 13.3 Å². The van der Waals surface area contributed by atoms with Gasteiger partial charge in [-0.15, -0.1) is 0 Å². The lowest BCUT2D eigenvalue weighted by atomic mass is 10.3. The van der Waals surface area contributed by atoms with Crippen LogP contribution in [-0.4, -0.2) is 22.7 Å². The van der Waals surface area contributed by atoms with Crippen molar-refractivity contribution in [2.24, 2.45) is 0 Å². The van der Waals surface area contributed by atoms with Crippen LogP contribution in [0.2, 0.25) is 0 Å². The molecule has 0 radical (unpaired) electrons. The Morgan fingerprint density at radius 3 is 3.00 bits per heavy atom. The molecule has 0 aliphatic heterocycles. The lowest BCUT2D eigenvalue weighted by molar-refractivity contribution is 0.0600. The van der Waals surface area contributed by atoms with E-state index in [9.17, 15) is 4.79 Å². The fraction of sp³-hybridized carbons (Fsp3) is 0.200. The van der Waals surface area contributed by atoms with Crippen molar-refractivity contribution < 1.29 is 9.53 Å². The topological polar surface area (TPSA) is 43.6 Å². The number of hydrogen-bond acceptors (Lipinski definition) is 3.